The molecule has 30 heavy (non-hydrogen) atoms. The molecule has 0 bridgehead atoms. The monoisotopic (exact) mass is 420 g/mol. The molecule has 1 heterocycles. The maximum atomic E-state index is 11.4. The number of sulfonamides is 1. The Morgan fingerprint density at radius 1 is 0.833 bits per heavy atom. The van der Waals surface area contributed by atoms with Gasteiger partial charge in [-0.15, -0.1) is 0 Å². The Balaban J connectivity index is 1.88. The van der Waals surface area contributed by atoms with Gasteiger partial charge in [0, 0.05) is 34.9 Å². The first-order valence-corrected chi connectivity index (χ1v) is 11.5. The Morgan fingerprint density at radius 3 is 2.17 bits per heavy atom. The average Bonchev–Trinajstić information content (AvgIpc) is 2.69. The van der Waals surface area contributed by atoms with E-state index in [4.69, 9.17) is 4.98 Å². The van der Waals surface area contributed by atoms with Gasteiger partial charge in [0.25, 0.3) is 0 Å². The number of nitrogens with zero attached hydrogens (tertiary/aromatic N) is 1. The molecule has 0 spiro atoms. The number of para-hydroxylation sites is 1. The van der Waals surface area contributed by atoms with Gasteiger partial charge in [0.15, 0.2) is 0 Å². The van der Waals surface area contributed by atoms with Gasteiger partial charge >= 0.3 is 0 Å². The maximum absolute atomic E-state index is 11.4. The molecule has 4 rings (SSSR count). The molecule has 0 aliphatic rings. The molecular formula is C23H24N4O2S. The average molecular weight is 421 g/mol. The minimum atomic E-state index is -3.31. The molecule has 3 aromatic carbocycles. The van der Waals surface area contributed by atoms with E-state index in [-0.39, 0.29) is 0 Å². The second kappa shape index (κ2) is 7.50. The van der Waals surface area contributed by atoms with Gasteiger partial charge in [-0.05, 0) is 61.4 Å². The lowest BCUT2D eigenvalue weighted by atomic mass is 10.0. The topological polar surface area (TPSA) is 83.1 Å². The van der Waals surface area contributed by atoms with Gasteiger partial charge in [0.05, 0.1) is 23.0 Å². The molecule has 6 nitrogen and oxygen atoms in total. The number of hydrogen-bond acceptors (Lipinski definition) is 5. The highest BCUT2D eigenvalue weighted by Crippen LogP contribution is 2.37. The van der Waals surface area contributed by atoms with Crippen molar-refractivity contribution in [3.8, 4) is 0 Å². The van der Waals surface area contributed by atoms with Crippen molar-refractivity contribution in [1.29, 1.82) is 0 Å². The Hall–Kier alpha value is -3.32. The first kappa shape index (κ1) is 20.0. The lowest BCUT2D eigenvalue weighted by Gasteiger charge is -2.17. The van der Waals surface area contributed by atoms with Gasteiger partial charge in [-0.25, -0.2) is 13.4 Å². The van der Waals surface area contributed by atoms with Gasteiger partial charge in [-0.1, -0.05) is 18.2 Å². The Bertz CT molecular complexity index is 1360. The summed E-state index contributed by atoms with van der Waals surface area (Å²) >= 11 is 0. The normalized spacial score (nSPS) is 11.6. The van der Waals surface area contributed by atoms with Crippen LogP contribution in [0.4, 0.5) is 22.7 Å². The summed E-state index contributed by atoms with van der Waals surface area (Å²) in [5.41, 5.74) is 7.52. The van der Waals surface area contributed by atoms with Gasteiger partial charge in [0.2, 0.25) is 10.0 Å². The molecule has 0 radical (unpaired) electrons. The molecule has 0 amide bonds. The van der Waals surface area contributed by atoms with Crippen LogP contribution >= 0.6 is 0 Å². The quantitative estimate of drug-likeness (QED) is 0.388. The summed E-state index contributed by atoms with van der Waals surface area (Å²) in [4.78, 5) is 4.99. The highest BCUT2D eigenvalue weighted by atomic mass is 32.2. The number of pyridine rings is 1. The largest absolute Gasteiger partial charge is 0.388 e. The van der Waals surface area contributed by atoms with E-state index in [9.17, 15) is 8.42 Å². The second-order valence-electron chi connectivity index (χ2n) is 7.42. The molecule has 3 N–H and O–H groups in total. The minimum Gasteiger partial charge on any atom is -0.388 e. The summed E-state index contributed by atoms with van der Waals surface area (Å²) in [6.07, 6.45) is 1.14. The lowest BCUT2D eigenvalue weighted by molar-refractivity contribution is 0.607. The Kier molecular flexibility index (Phi) is 4.99. The van der Waals surface area contributed by atoms with Crippen LogP contribution in [0.25, 0.3) is 21.8 Å². The molecule has 0 aliphatic carbocycles. The third-order valence-corrected chi connectivity index (χ3v) is 5.76. The van der Waals surface area contributed by atoms with Crippen molar-refractivity contribution in [3.05, 3.63) is 65.7 Å². The Morgan fingerprint density at radius 2 is 1.50 bits per heavy atom. The third kappa shape index (κ3) is 3.76. The van der Waals surface area contributed by atoms with E-state index in [0.717, 1.165) is 56.3 Å². The highest BCUT2D eigenvalue weighted by Gasteiger charge is 2.14. The van der Waals surface area contributed by atoms with Gasteiger partial charge in [0.1, 0.15) is 0 Å². The smallest absolute Gasteiger partial charge is 0.229 e. The molecule has 7 heteroatoms. The van der Waals surface area contributed by atoms with Crippen molar-refractivity contribution in [1.82, 2.24) is 4.98 Å². The van der Waals surface area contributed by atoms with Crippen LogP contribution in [-0.2, 0) is 10.0 Å². The van der Waals surface area contributed by atoms with Crippen LogP contribution in [-0.4, -0.2) is 26.7 Å². The number of benzene rings is 3. The number of aryl methyl sites for hydroxylation is 2. The second-order valence-corrected chi connectivity index (χ2v) is 9.17. The third-order valence-electron chi connectivity index (χ3n) is 5.16. The van der Waals surface area contributed by atoms with E-state index < -0.39 is 10.0 Å². The lowest BCUT2D eigenvalue weighted by Crippen LogP contribution is -2.09. The van der Waals surface area contributed by atoms with Crippen molar-refractivity contribution in [3.63, 3.8) is 0 Å². The number of nitrogens with one attached hydrogen (secondary N) is 3. The van der Waals surface area contributed by atoms with E-state index in [1.165, 1.54) is 0 Å². The van der Waals surface area contributed by atoms with Gasteiger partial charge in [-0.3, -0.25) is 4.72 Å². The zero-order valence-corrected chi connectivity index (χ0v) is 18.2. The van der Waals surface area contributed by atoms with Crippen LogP contribution in [0.1, 0.15) is 11.1 Å². The van der Waals surface area contributed by atoms with E-state index in [1.807, 2.05) is 25.2 Å². The molecule has 4 aromatic rings. The fourth-order valence-electron chi connectivity index (χ4n) is 3.70. The fourth-order valence-corrected chi connectivity index (χ4v) is 4.26. The van der Waals surface area contributed by atoms with Gasteiger partial charge < -0.3 is 10.6 Å². The predicted molar refractivity (Wildman–Crippen MR) is 126 cm³/mol. The summed E-state index contributed by atoms with van der Waals surface area (Å²) < 4.78 is 25.4. The molecule has 0 atom stereocenters. The molecule has 0 saturated heterocycles. The van der Waals surface area contributed by atoms with Crippen molar-refractivity contribution in [2.45, 2.75) is 13.8 Å². The van der Waals surface area contributed by atoms with Crippen LogP contribution in [0, 0.1) is 13.8 Å². The van der Waals surface area contributed by atoms with Gasteiger partial charge in [-0.2, -0.15) is 0 Å². The van der Waals surface area contributed by atoms with Crippen molar-refractivity contribution >= 4 is 54.6 Å². The van der Waals surface area contributed by atoms with Crippen molar-refractivity contribution < 1.29 is 8.42 Å². The molecule has 0 fully saturated rings. The maximum Gasteiger partial charge on any atom is 0.229 e. The predicted octanol–water partition coefficient (Wildman–Crippen LogP) is 5.16. The van der Waals surface area contributed by atoms with E-state index in [0.29, 0.717) is 5.69 Å². The van der Waals surface area contributed by atoms with Crippen LogP contribution < -0.4 is 15.4 Å². The number of rotatable bonds is 5. The summed E-state index contributed by atoms with van der Waals surface area (Å²) in [6, 6.07) is 17.5. The standard InChI is InChI=1S/C23H24N4O2S/c1-14-6-5-7-18-21(14)26-22-15(2)20(24-3)13-12-19(22)23(18)25-16-8-10-17(11-9-16)27-30(4,28)29/h5-13,24,27H,1-4H3,(H,25,26). The molecule has 0 unspecified atom stereocenters. The highest BCUT2D eigenvalue weighted by molar-refractivity contribution is 7.92. The number of anilines is 4. The first-order valence-electron chi connectivity index (χ1n) is 9.62. The summed E-state index contributed by atoms with van der Waals surface area (Å²) in [5, 5.41) is 8.83. The Labute approximate surface area is 176 Å². The van der Waals surface area contributed by atoms with Crippen LogP contribution in [0.15, 0.2) is 54.6 Å². The first-order chi connectivity index (χ1) is 14.3. The minimum absolute atomic E-state index is 0.526. The molecular weight excluding hydrogens is 396 g/mol. The van der Waals surface area contributed by atoms with Crippen LogP contribution in [0.2, 0.25) is 0 Å². The molecule has 0 aliphatic heterocycles. The van der Waals surface area contributed by atoms with Crippen LogP contribution in [0.5, 0.6) is 0 Å². The van der Waals surface area contributed by atoms with E-state index in [2.05, 4.69) is 53.5 Å². The summed E-state index contributed by atoms with van der Waals surface area (Å²) in [5.74, 6) is 0. The van der Waals surface area contributed by atoms with Crippen molar-refractivity contribution in [2.75, 3.05) is 28.7 Å². The number of hydrogen-bond donors (Lipinski definition) is 3. The number of aromatic nitrogens is 1. The van der Waals surface area contributed by atoms with Crippen molar-refractivity contribution in [2.24, 2.45) is 0 Å². The molecule has 1 aromatic heterocycles. The fraction of sp³-hybridized carbons (Fsp3) is 0.174. The molecule has 154 valence electrons. The SMILES string of the molecule is CNc1ccc2c(Nc3ccc(NS(C)(=O)=O)cc3)c3cccc(C)c3nc2c1C. The van der Waals surface area contributed by atoms with E-state index >= 15 is 0 Å². The van der Waals surface area contributed by atoms with Crippen LogP contribution in [0.3, 0.4) is 0 Å². The molecule has 0 saturated carbocycles. The van der Waals surface area contributed by atoms with E-state index in [1.54, 1.807) is 12.1 Å². The summed E-state index contributed by atoms with van der Waals surface area (Å²) in [6.45, 7) is 4.13. The zero-order valence-electron chi connectivity index (χ0n) is 17.4. The zero-order chi connectivity index (χ0) is 21.5. The summed E-state index contributed by atoms with van der Waals surface area (Å²) in [7, 11) is -1.40. The number of fused-ring (bicyclic) bond motifs is 2.